The third-order valence-corrected chi connectivity index (χ3v) is 6.18. The molecule has 0 aliphatic carbocycles. The van der Waals surface area contributed by atoms with Crippen LogP contribution in [-0.2, 0) is 10.2 Å². The van der Waals surface area contributed by atoms with E-state index in [-0.39, 0.29) is 17.4 Å². The Balaban J connectivity index is 1.46. The van der Waals surface area contributed by atoms with Crippen LogP contribution in [0.15, 0.2) is 60.9 Å². The third kappa shape index (κ3) is 3.03. The predicted molar refractivity (Wildman–Crippen MR) is 109 cm³/mol. The predicted octanol–water partition coefficient (Wildman–Crippen LogP) is 1.92. The van der Waals surface area contributed by atoms with Crippen LogP contribution < -0.4 is 10.6 Å². The van der Waals surface area contributed by atoms with E-state index in [0.717, 1.165) is 24.2 Å². The number of carbonyl (C=O) groups excluding carboxylic acids is 2. The van der Waals surface area contributed by atoms with Crippen LogP contribution in [0.5, 0.6) is 0 Å². The lowest BCUT2D eigenvalue weighted by molar-refractivity contribution is -0.134. The Morgan fingerprint density at radius 2 is 1.83 bits per heavy atom. The Morgan fingerprint density at radius 1 is 1.07 bits per heavy atom. The molecule has 0 spiro atoms. The molecule has 2 aliphatic rings. The Bertz CT molecular complexity index is 1020. The highest BCUT2D eigenvalue weighted by molar-refractivity contribution is 5.90. The maximum absolute atomic E-state index is 12.8. The first-order valence-corrected chi connectivity index (χ1v) is 9.99. The van der Waals surface area contributed by atoms with Gasteiger partial charge in [-0.1, -0.05) is 36.4 Å². The van der Waals surface area contributed by atoms with E-state index < -0.39 is 6.04 Å². The molecule has 148 valence electrons. The topological polar surface area (TPSA) is 78.7 Å². The van der Waals surface area contributed by atoms with Gasteiger partial charge in [-0.3, -0.25) is 4.79 Å². The molecule has 1 aromatic carbocycles. The van der Waals surface area contributed by atoms with E-state index in [2.05, 4.69) is 45.5 Å². The van der Waals surface area contributed by atoms with Crippen LogP contribution in [-0.4, -0.2) is 51.9 Å². The molecule has 29 heavy (non-hydrogen) atoms. The van der Waals surface area contributed by atoms with Crippen molar-refractivity contribution in [3.8, 4) is 0 Å². The Morgan fingerprint density at radius 3 is 2.52 bits per heavy atom. The van der Waals surface area contributed by atoms with Crippen molar-refractivity contribution >= 4 is 17.6 Å². The summed E-state index contributed by atoms with van der Waals surface area (Å²) in [5, 5.41) is 5.36. The van der Waals surface area contributed by atoms with Gasteiger partial charge in [-0.25, -0.2) is 9.78 Å². The molecule has 0 bridgehead atoms. The fourth-order valence-electron chi connectivity index (χ4n) is 4.55. The van der Waals surface area contributed by atoms with E-state index in [1.54, 1.807) is 0 Å². The fourth-order valence-corrected chi connectivity index (χ4v) is 4.55. The number of hydrogen-bond donors (Lipinski definition) is 2. The number of rotatable bonds is 3. The lowest BCUT2D eigenvalue weighted by Gasteiger charge is -2.42. The minimum atomic E-state index is -0.470. The molecular formula is C22H23N5O2. The number of carbonyl (C=O) groups is 2. The van der Waals surface area contributed by atoms with Crippen molar-refractivity contribution in [2.45, 2.75) is 24.3 Å². The summed E-state index contributed by atoms with van der Waals surface area (Å²) in [4.78, 5) is 31.0. The summed E-state index contributed by atoms with van der Waals surface area (Å²) in [5.41, 5.74) is 2.96. The molecule has 7 heteroatoms. The van der Waals surface area contributed by atoms with Crippen molar-refractivity contribution < 1.29 is 9.59 Å². The molecule has 1 atom stereocenters. The first kappa shape index (κ1) is 17.7. The van der Waals surface area contributed by atoms with E-state index in [1.165, 1.54) is 5.56 Å². The van der Waals surface area contributed by atoms with Gasteiger partial charge in [0.25, 0.3) is 0 Å². The van der Waals surface area contributed by atoms with Crippen LogP contribution in [0.1, 0.15) is 24.1 Å². The van der Waals surface area contributed by atoms with E-state index in [1.807, 2.05) is 35.4 Å². The number of nitrogens with one attached hydrogen (secondary N) is 2. The molecule has 4 heterocycles. The number of fused-ring (bicyclic) bond motifs is 1. The molecule has 3 amide bonds. The quantitative estimate of drug-likeness (QED) is 0.718. The van der Waals surface area contributed by atoms with E-state index in [0.29, 0.717) is 19.6 Å². The molecule has 2 fully saturated rings. The SMILES string of the molecule is O=C1NCC(C(=O)N2CCC(c3ccccc3)(c3cn4ccccc4n3)CC2)N1. The molecule has 3 aromatic rings. The van der Waals surface area contributed by atoms with Gasteiger partial charge in [0, 0.05) is 37.4 Å². The smallest absolute Gasteiger partial charge is 0.315 e. The van der Waals surface area contributed by atoms with Crippen molar-refractivity contribution in [3.05, 3.63) is 72.2 Å². The normalized spacial score (nSPS) is 21.0. The number of imidazole rings is 1. The van der Waals surface area contributed by atoms with Crippen LogP contribution in [0.2, 0.25) is 0 Å². The third-order valence-electron chi connectivity index (χ3n) is 6.18. The number of amides is 3. The Hall–Kier alpha value is -3.35. The van der Waals surface area contributed by atoms with Gasteiger partial charge in [-0.15, -0.1) is 0 Å². The zero-order valence-electron chi connectivity index (χ0n) is 16.0. The second-order valence-electron chi connectivity index (χ2n) is 7.77. The number of hydrogen-bond acceptors (Lipinski definition) is 3. The van der Waals surface area contributed by atoms with E-state index in [4.69, 9.17) is 4.98 Å². The summed E-state index contributed by atoms with van der Waals surface area (Å²) in [6, 6.07) is 15.7. The molecule has 0 saturated carbocycles. The molecule has 5 rings (SSSR count). The van der Waals surface area contributed by atoms with Gasteiger partial charge in [0.1, 0.15) is 11.7 Å². The average molecular weight is 389 g/mol. The molecule has 2 aliphatic heterocycles. The van der Waals surface area contributed by atoms with Crippen molar-refractivity contribution in [3.63, 3.8) is 0 Å². The van der Waals surface area contributed by atoms with E-state index in [9.17, 15) is 9.59 Å². The Kier molecular flexibility index (Phi) is 4.23. The van der Waals surface area contributed by atoms with Gasteiger partial charge >= 0.3 is 6.03 Å². The highest BCUT2D eigenvalue weighted by Crippen LogP contribution is 2.41. The molecule has 2 saturated heterocycles. The summed E-state index contributed by atoms with van der Waals surface area (Å²) < 4.78 is 2.05. The second kappa shape index (κ2) is 6.92. The maximum Gasteiger partial charge on any atom is 0.315 e. The highest BCUT2D eigenvalue weighted by atomic mass is 16.2. The minimum Gasteiger partial charge on any atom is -0.341 e. The van der Waals surface area contributed by atoms with Crippen LogP contribution in [0.25, 0.3) is 5.65 Å². The van der Waals surface area contributed by atoms with Gasteiger partial charge in [0.15, 0.2) is 0 Å². The summed E-state index contributed by atoms with van der Waals surface area (Å²) in [6.45, 7) is 1.62. The largest absolute Gasteiger partial charge is 0.341 e. The second-order valence-corrected chi connectivity index (χ2v) is 7.77. The molecule has 1 unspecified atom stereocenters. The summed E-state index contributed by atoms with van der Waals surface area (Å²) >= 11 is 0. The molecular weight excluding hydrogens is 366 g/mol. The van der Waals surface area contributed by atoms with Gasteiger partial charge < -0.3 is 19.9 Å². The monoisotopic (exact) mass is 389 g/mol. The summed E-state index contributed by atoms with van der Waals surface area (Å²) in [5.74, 6) is -0.0139. The number of piperidine rings is 1. The van der Waals surface area contributed by atoms with Crippen molar-refractivity contribution in [1.82, 2.24) is 24.9 Å². The van der Waals surface area contributed by atoms with E-state index >= 15 is 0 Å². The van der Waals surface area contributed by atoms with Gasteiger partial charge in [-0.2, -0.15) is 0 Å². The molecule has 2 N–H and O–H groups in total. The minimum absolute atomic E-state index is 0.0139. The van der Waals surface area contributed by atoms with Crippen molar-refractivity contribution in [2.24, 2.45) is 0 Å². The van der Waals surface area contributed by atoms with Gasteiger partial charge in [0.05, 0.1) is 5.69 Å². The van der Waals surface area contributed by atoms with Gasteiger partial charge in [-0.05, 0) is 30.5 Å². The van der Waals surface area contributed by atoms with Crippen molar-refractivity contribution in [2.75, 3.05) is 19.6 Å². The number of nitrogens with zero attached hydrogens (tertiary/aromatic N) is 3. The molecule has 2 aromatic heterocycles. The first-order chi connectivity index (χ1) is 14.2. The maximum atomic E-state index is 12.8. The number of likely N-dealkylation sites (tertiary alicyclic amines) is 1. The van der Waals surface area contributed by atoms with Crippen LogP contribution in [0.3, 0.4) is 0 Å². The van der Waals surface area contributed by atoms with Crippen molar-refractivity contribution in [1.29, 1.82) is 0 Å². The first-order valence-electron chi connectivity index (χ1n) is 9.99. The van der Waals surface area contributed by atoms with Crippen LogP contribution >= 0.6 is 0 Å². The fraction of sp³-hybridized carbons (Fsp3) is 0.318. The summed E-state index contributed by atoms with van der Waals surface area (Å²) in [6.07, 6.45) is 5.71. The average Bonchev–Trinajstić information content (AvgIpc) is 3.40. The lowest BCUT2D eigenvalue weighted by Crippen LogP contribution is -2.51. The summed E-state index contributed by atoms with van der Waals surface area (Å²) in [7, 11) is 0. The number of benzene rings is 1. The number of pyridine rings is 1. The zero-order valence-corrected chi connectivity index (χ0v) is 16.0. The zero-order chi connectivity index (χ0) is 19.8. The van der Waals surface area contributed by atoms with Crippen LogP contribution in [0.4, 0.5) is 4.79 Å². The standard InChI is InChI=1S/C22H23N5O2/c28-20(17-14-23-21(29)24-17)26-12-9-22(10-13-26,16-6-2-1-3-7-16)18-15-27-11-5-4-8-19(27)25-18/h1-8,11,15,17H,9-10,12-14H2,(H2,23,24,29). The molecule has 7 nitrogen and oxygen atoms in total. The lowest BCUT2D eigenvalue weighted by atomic mass is 9.70. The number of aromatic nitrogens is 2. The number of urea groups is 1. The van der Waals surface area contributed by atoms with Crippen LogP contribution in [0, 0.1) is 0 Å². The molecule has 0 radical (unpaired) electrons. The van der Waals surface area contributed by atoms with Gasteiger partial charge in [0.2, 0.25) is 5.91 Å². The highest BCUT2D eigenvalue weighted by Gasteiger charge is 2.42. The Labute approximate surface area is 168 Å².